The van der Waals surface area contributed by atoms with Crippen molar-refractivity contribution in [1.82, 2.24) is 5.43 Å². The molecule has 2 N–H and O–H groups in total. The van der Waals surface area contributed by atoms with Crippen LogP contribution in [0.2, 0.25) is 0 Å². The Morgan fingerprint density at radius 1 is 1.12 bits per heavy atom. The number of benzene rings is 3. The zero-order valence-corrected chi connectivity index (χ0v) is 13.1. The molecule has 3 aromatic carbocycles. The van der Waals surface area contributed by atoms with E-state index in [1.807, 2.05) is 36.4 Å². The number of carbonyl (C=O) groups is 1. The summed E-state index contributed by atoms with van der Waals surface area (Å²) in [4.78, 5) is 12.2. The summed E-state index contributed by atoms with van der Waals surface area (Å²) in [6.45, 7) is 0. The van der Waals surface area contributed by atoms with E-state index in [1.54, 1.807) is 31.4 Å². The third-order valence-corrected chi connectivity index (χ3v) is 3.62. The number of aromatic hydroxyl groups is 1. The van der Waals surface area contributed by atoms with Crippen LogP contribution >= 0.6 is 0 Å². The van der Waals surface area contributed by atoms with Gasteiger partial charge in [-0.2, -0.15) is 5.10 Å². The molecule has 0 radical (unpaired) electrons. The molecule has 0 spiro atoms. The lowest BCUT2D eigenvalue weighted by Gasteiger charge is -2.06. The number of hydrazone groups is 1. The molecule has 3 rings (SSSR count). The fourth-order valence-electron chi connectivity index (χ4n) is 2.39. The molecule has 5 heteroatoms. The molecule has 0 fully saturated rings. The van der Waals surface area contributed by atoms with Crippen LogP contribution in [0.1, 0.15) is 15.9 Å². The van der Waals surface area contributed by atoms with Crippen molar-refractivity contribution >= 4 is 22.9 Å². The molecule has 0 bridgehead atoms. The lowest BCUT2D eigenvalue weighted by Crippen LogP contribution is -2.17. The van der Waals surface area contributed by atoms with E-state index < -0.39 is 5.91 Å². The molecule has 0 aliphatic rings. The van der Waals surface area contributed by atoms with Gasteiger partial charge in [0.25, 0.3) is 5.91 Å². The van der Waals surface area contributed by atoms with Crippen LogP contribution in [0.3, 0.4) is 0 Å². The summed E-state index contributed by atoms with van der Waals surface area (Å²) < 4.78 is 5.13. The van der Waals surface area contributed by atoms with Crippen LogP contribution in [-0.2, 0) is 0 Å². The second-order valence-electron chi connectivity index (χ2n) is 5.16. The van der Waals surface area contributed by atoms with E-state index in [-0.39, 0.29) is 11.3 Å². The number of nitrogens with one attached hydrogen (secondary N) is 1. The molecule has 0 aliphatic carbocycles. The molecule has 3 aromatic rings. The molecule has 0 saturated carbocycles. The third-order valence-electron chi connectivity index (χ3n) is 3.62. The van der Waals surface area contributed by atoms with Gasteiger partial charge in [0.1, 0.15) is 11.5 Å². The Hall–Kier alpha value is -3.34. The van der Waals surface area contributed by atoms with E-state index >= 15 is 0 Å². The minimum absolute atomic E-state index is 0.0535. The molecule has 5 nitrogen and oxygen atoms in total. The summed E-state index contributed by atoms with van der Waals surface area (Å²) in [7, 11) is 1.58. The number of fused-ring (bicyclic) bond motifs is 1. The fraction of sp³-hybridized carbons (Fsp3) is 0.0526. The Kier molecular flexibility index (Phi) is 4.43. The Morgan fingerprint density at radius 2 is 1.96 bits per heavy atom. The molecule has 0 unspecified atom stereocenters. The average Bonchev–Trinajstić information content (AvgIpc) is 2.62. The SMILES string of the molecule is COc1cccc(/C=N/NC(=O)c2ccc3ccccc3c2O)c1. The molecule has 0 aromatic heterocycles. The number of nitrogens with zero attached hydrogens (tertiary/aromatic N) is 1. The predicted molar refractivity (Wildman–Crippen MR) is 93.7 cm³/mol. The van der Waals surface area contributed by atoms with Crippen molar-refractivity contribution in [2.24, 2.45) is 5.10 Å². The number of phenols is 1. The zero-order valence-electron chi connectivity index (χ0n) is 13.1. The molecule has 0 atom stereocenters. The van der Waals surface area contributed by atoms with Gasteiger partial charge in [-0.15, -0.1) is 0 Å². The van der Waals surface area contributed by atoms with Crippen molar-refractivity contribution < 1.29 is 14.6 Å². The predicted octanol–water partition coefficient (Wildman–Crippen LogP) is 3.32. The van der Waals surface area contributed by atoms with Crippen molar-refractivity contribution in [2.75, 3.05) is 7.11 Å². The maximum absolute atomic E-state index is 12.2. The van der Waals surface area contributed by atoms with E-state index in [1.165, 1.54) is 6.21 Å². The molecule has 0 heterocycles. The Labute approximate surface area is 139 Å². The van der Waals surface area contributed by atoms with Crippen LogP contribution in [0.4, 0.5) is 0 Å². The standard InChI is InChI=1S/C19H16N2O3/c1-24-15-7-4-5-13(11-15)12-20-21-19(23)17-10-9-14-6-2-3-8-16(14)18(17)22/h2-12,22H,1H3,(H,21,23)/b20-12+. The molecular weight excluding hydrogens is 304 g/mol. The zero-order chi connectivity index (χ0) is 16.9. The van der Waals surface area contributed by atoms with Gasteiger partial charge in [-0.25, -0.2) is 5.43 Å². The number of ether oxygens (including phenoxy) is 1. The van der Waals surface area contributed by atoms with Crippen molar-refractivity contribution in [3.8, 4) is 11.5 Å². The monoisotopic (exact) mass is 320 g/mol. The summed E-state index contributed by atoms with van der Waals surface area (Å²) >= 11 is 0. The summed E-state index contributed by atoms with van der Waals surface area (Å²) in [5, 5.41) is 15.7. The maximum atomic E-state index is 12.2. The van der Waals surface area contributed by atoms with Gasteiger partial charge in [0, 0.05) is 5.39 Å². The van der Waals surface area contributed by atoms with Gasteiger partial charge in [-0.05, 0) is 29.1 Å². The lowest BCUT2D eigenvalue weighted by atomic mass is 10.1. The summed E-state index contributed by atoms with van der Waals surface area (Å²) in [5.74, 6) is 0.178. The van der Waals surface area contributed by atoms with Crippen LogP contribution in [0.5, 0.6) is 11.5 Å². The second-order valence-corrected chi connectivity index (χ2v) is 5.16. The Bertz CT molecular complexity index is 919. The summed E-state index contributed by atoms with van der Waals surface area (Å²) in [5.41, 5.74) is 3.39. The van der Waals surface area contributed by atoms with Crippen LogP contribution in [0, 0.1) is 0 Å². The highest BCUT2D eigenvalue weighted by atomic mass is 16.5. The first-order valence-corrected chi connectivity index (χ1v) is 7.37. The topological polar surface area (TPSA) is 70.9 Å². The number of hydrogen-bond acceptors (Lipinski definition) is 4. The minimum atomic E-state index is -0.475. The molecule has 1 amide bonds. The van der Waals surface area contributed by atoms with Crippen molar-refractivity contribution in [1.29, 1.82) is 0 Å². The van der Waals surface area contributed by atoms with E-state index in [0.29, 0.717) is 11.1 Å². The third kappa shape index (κ3) is 3.20. The van der Waals surface area contributed by atoms with E-state index in [2.05, 4.69) is 10.5 Å². The number of amides is 1. The number of methoxy groups -OCH3 is 1. The minimum Gasteiger partial charge on any atom is -0.506 e. The van der Waals surface area contributed by atoms with Gasteiger partial charge in [0.05, 0.1) is 18.9 Å². The van der Waals surface area contributed by atoms with Gasteiger partial charge < -0.3 is 9.84 Å². The van der Waals surface area contributed by atoms with E-state index in [0.717, 1.165) is 10.9 Å². The van der Waals surface area contributed by atoms with Crippen LogP contribution in [0.15, 0.2) is 65.8 Å². The highest BCUT2D eigenvalue weighted by Crippen LogP contribution is 2.28. The molecule has 0 saturated heterocycles. The smallest absolute Gasteiger partial charge is 0.275 e. The normalized spacial score (nSPS) is 10.9. The molecule has 120 valence electrons. The maximum Gasteiger partial charge on any atom is 0.275 e. The van der Waals surface area contributed by atoms with Gasteiger partial charge in [-0.3, -0.25) is 4.79 Å². The first-order chi connectivity index (χ1) is 11.7. The van der Waals surface area contributed by atoms with E-state index in [4.69, 9.17) is 4.74 Å². The number of hydrogen-bond donors (Lipinski definition) is 2. The summed E-state index contributed by atoms with van der Waals surface area (Å²) in [6.07, 6.45) is 1.51. The first-order valence-electron chi connectivity index (χ1n) is 7.37. The van der Waals surface area contributed by atoms with Crippen molar-refractivity contribution in [2.45, 2.75) is 0 Å². The fourth-order valence-corrected chi connectivity index (χ4v) is 2.39. The van der Waals surface area contributed by atoms with Gasteiger partial charge >= 0.3 is 0 Å². The summed E-state index contributed by atoms with van der Waals surface area (Å²) in [6, 6.07) is 18.0. The molecule has 0 aliphatic heterocycles. The lowest BCUT2D eigenvalue weighted by molar-refractivity contribution is 0.0952. The second kappa shape index (κ2) is 6.83. The van der Waals surface area contributed by atoms with E-state index in [9.17, 15) is 9.90 Å². The number of phenolic OH excluding ortho intramolecular Hbond substituents is 1. The van der Waals surface area contributed by atoms with Crippen molar-refractivity contribution in [3.63, 3.8) is 0 Å². The quantitative estimate of drug-likeness (QED) is 0.572. The van der Waals surface area contributed by atoms with Crippen LogP contribution < -0.4 is 10.2 Å². The Morgan fingerprint density at radius 3 is 2.79 bits per heavy atom. The van der Waals surface area contributed by atoms with Crippen LogP contribution in [-0.4, -0.2) is 24.3 Å². The van der Waals surface area contributed by atoms with Crippen molar-refractivity contribution in [3.05, 3.63) is 71.8 Å². The number of rotatable bonds is 4. The molecular formula is C19H16N2O3. The van der Waals surface area contributed by atoms with Crippen LogP contribution in [0.25, 0.3) is 10.8 Å². The highest BCUT2D eigenvalue weighted by molar-refractivity contribution is 6.03. The largest absolute Gasteiger partial charge is 0.506 e. The molecule has 24 heavy (non-hydrogen) atoms. The van der Waals surface area contributed by atoms with Gasteiger partial charge in [-0.1, -0.05) is 42.5 Å². The number of carbonyl (C=O) groups excluding carboxylic acids is 1. The van der Waals surface area contributed by atoms with Gasteiger partial charge in [0.15, 0.2) is 0 Å². The first kappa shape index (κ1) is 15.6. The van der Waals surface area contributed by atoms with Gasteiger partial charge in [0.2, 0.25) is 0 Å². The highest BCUT2D eigenvalue weighted by Gasteiger charge is 2.12. The average molecular weight is 320 g/mol. The Balaban J connectivity index is 1.77.